The number of hydrogen-bond acceptors (Lipinski definition) is 6. The van der Waals surface area contributed by atoms with Crippen molar-refractivity contribution in [3.8, 4) is 0 Å². The number of β-lactam (4-membered cyclic amide) rings is 1. The molecule has 20 heavy (non-hydrogen) atoms. The highest BCUT2D eigenvalue weighted by Crippen LogP contribution is 2.43. The van der Waals surface area contributed by atoms with E-state index in [0.29, 0.717) is 23.6 Å². The van der Waals surface area contributed by atoms with E-state index in [2.05, 4.69) is 10.3 Å². The molecule has 3 heterocycles. The summed E-state index contributed by atoms with van der Waals surface area (Å²) in [7, 11) is 0. The van der Waals surface area contributed by atoms with Crippen molar-refractivity contribution in [2.75, 3.05) is 12.4 Å². The van der Waals surface area contributed by atoms with E-state index in [9.17, 15) is 9.59 Å². The minimum Gasteiger partial charge on any atom is -0.480 e. The van der Waals surface area contributed by atoms with E-state index < -0.39 is 12.0 Å². The Bertz CT molecular complexity index is 599. The fraction of sp³-hybridized carbons (Fsp3) is 0.455. The Balaban J connectivity index is 1.77. The lowest BCUT2D eigenvalue weighted by molar-refractivity contribution is -0.150. The van der Waals surface area contributed by atoms with Crippen molar-refractivity contribution >= 4 is 29.7 Å². The summed E-state index contributed by atoms with van der Waals surface area (Å²) < 4.78 is 1.48. The van der Waals surface area contributed by atoms with E-state index in [4.69, 9.17) is 10.2 Å². The highest BCUT2D eigenvalue weighted by molar-refractivity contribution is 8.00. The number of carbonyl (C=O) groups is 2. The van der Waals surface area contributed by atoms with Gasteiger partial charge in [-0.25, -0.2) is 9.48 Å². The maximum Gasteiger partial charge on any atom is 0.327 e. The number of aliphatic hydroxyl groups excluding tert-OH is 1. The molecule has 1 amide bonds. The number of aromatic nitrogens is 3. The first-order valence-corrected chi connectivity index (χ1v) is 7.06. The number of aliphatic carboxylic acids is 1. The average Bonchev–Trinajstić information content (AvgIpc) is 3.00. The fourth-order valence-corrected chi connectivity index (χ4v) is 3.68. The van der Waals surface area contributed by atoms with Gasteiger partial charge in [0.15, 0.2) is 0 Å². The number of thioether (sulfide) groups is 1. The zero-order valence-corrected chi connectivity index (χ0v) is 11.2. The van der Waals surface area contributed by atoms with Gasteiger partial charge in [-0.3, -0.25) is 4.79 Å². The van der Waals surface area contributed by atoms with Gasteiger partial charge in [-0.15, -0.1) is 16.9 Å². The van der Waals surface area contributed by atoms with Gasteiger partial charge in [-0.05, 0) is 6.08 Å². The number of fused-ring (bicyclic) bond motifs is 1. The van der Waals surface area contributed by atoms with Crippen LogP contribution in [-0.4, -0.2) is 65.8 Å². The third-order valence-electron chi connectivity index (χ3n) is 3.22. The lowest BCUT2D eigenvalue weighted by Crippen LogP contribution is -2.56. The summed E-state index contributed by atoms with van der Waals surface area (Å²) in [5.41, 5.74) is 1.08. The smallest absolute Gasteiger partial charge is 0.327 e. The van der Waals surface area contributed by atoms with Crippen LogP contribution in [0.15, 0.2) is 11.8 Å². The number of nitrogens with zero attached hydrogens (tertiary/aromatic N) is 4. The van der Waals surface area contributed by atoms with Crippen LogP contribution in [0.1, 0.15) is 5.69 Å². The molecular weight excluding hydrogens is 284 g/mol. The summed E-state index contributed by atoms with van der Waals surface area (Å²) in [5, 5.41) is 25.3. The van der Waals surface area contributed by atoms with Crippen LogP contribution in [0.2, 0.25) is 0 Å². The van der Waals surface area contributed by atoms with Crippen molar-refractivity contribution in [2.24, 2.45) is 0 Å². The van der Waals surface area contributed by atoms with Gasteiger partial charge in [-0.2, -0.15) is 0 Å². The lowest BCUT2D eigenvalue weighted by atomic mass is 10.0. The second kappa shape index (κ2) is 4.91. The maximum atomic E-state index is 12.0. The highest BCUT2D eigenvalue weighted by atomic mass is 32.2. The van der Waals surface area contributed by atoms with Crippen LogP contribution in [0.25, 0.3) is 6.08 Å². The van der Waals surface area contributed by atoms with E-state index in [-0.39, 0.29) is 17.9 Å². The number of hydrogen-bond donors (Lipinski definition) is 2. The van der Waals surface area contributed by atoms with Crippen LogP contribution < -0.4 is 0 Å². The topological polar surface area (TPSA) is 109 Å². The summed E-state index contributed by atoms with van der Waals surface area (Å²) >= 11 is 1.44. The number of carboxylic acid groups (broad SMARTS) is 1. The average molecular weight is 296 g/mol. The summed E-state index contributed by atoms with van der Waals surface area (Å²) in [6.07, 6.45) is 3.26. The van der Waals surface area contributed by atoms with Gasteiger partial charge in [0.1, 0.15) is 17.1 Å². The predicted octanol–water partition coefficient (Wildman–Crippen LogP) is -0.978. The van der Waals surface area contributed by atoms with Crippen molar-refractivity contribution in [3.63, 3.8) is 0 Å². The van der Waals surface area contributed by atoms with Crippen LogP contribution in [0.5, 0.6) is 0 Å². The van der Waals surface area contributed by atoms with Crippen LogP contribution in [-0.2, 0) is 16.1 Å². The second-order valence-corrected chi connectivity index (χ2v) is 5.60. The Hall–Kier alpha value is -1.87. The van der Waals surface area contributed by atoms with E-state index in [0.717, 1.165) is 0 Å². The molecule has 1 aromatic heterocycles. The van der Waals surface area contributed by atoms with Crippen LogP contribution in [0.3, 0.4) is 0 Å². The second-order valence-electron chi connectivity index (χ2n) is 4.48. The first-order valence-electron chi connectivity index (χ1n) is 6.01. The zero-order chi connectivity index (χ0) is 14.3. The van der Waals surface area contributed by atoms with Gasteiger partial charge in [-0.1, -0.05) is 5.21 Å². The third-order valence-corrected chi connectivity index (χ3v) is 4.53. The minimum absolute atomic E-state index is 0.0369. The molecule has 2 N–H and O–H groups in total. The molecule has 9 heteroatoms. The normalized spacial score (nSPS) is 26.8. The number of amides is 1. The molecule has 0 spiro atoms. The van der Waals surface area contributed by atoms with Gasteiger partial charge >= 0.3 is 5.97 Å². The first kappa shape index (κ1) is 13.1. The summed E-state index contributed by atoms with van der Waals surface area (Å²) in [5.74, 6) is -0.828. The summed E-state index contributed by atoms with van der Waals surface area (Å²) in [6, 6.07) is -0.736. The van der Waals surface area contributed by atoms with Gasteiger partial charge in [0.2, 0.25) is 0 Å². The molecule has 2 saturated heterocycles. The Morgan fingerprint density at radius 3 is 3.10 bits per heavy atom. The number of carbonyl (C=O) groups excluding carboxylic acids is 1. The molecule has 3 rings (SSSR count). The molecule has 0 aromatic carbocycles. The number of carboxylic acids is 1. The Morgan fingerprint density at radius 1 is 1.60 bits per heavy atom. The molecule has 2 aliphatic rings. The zero-order valence-electron chi connectivity index (χ0n) is 10.3. The van der Waals surface area contributed by atoms with Gasteiger partial charge in [0.25, 0.3) is 5.91 Å². The lowest BCUT2D eigenvalue weighted by Gasteiger charge is -2.38. The molecule has 2 atom stereocenters. The van der Waals surface area contributed by atoms with Gasteiger partial charge in [0, 0.05) is 5.75 Å². The van der Waals surface area contributed by atoms with Crippen molar-refractivity contribution in [3.05, 3.63) is 17.5 Å². The largest absolute Gasteiger partial charge is 0.480 e. The van der Waals surface area contributed by atoms with Crippen LogP contribution in [0.4, 0.5) is 0 Å². The van der Waals surface area contributed by atoms with E-state index in [1.54, 1.807) is 12.3 Å². The molecule has 8 nitrogen and oxygen atoms in total. The molecule has 1 aromatic rings. The quantitative estimate of drug-likeness (QED) is 0.543. The molecule has 106 valence electrons. The van der Waals surface area contributed by atoms with Crippen molar-refractivity contribution in [1.82, 2.24) is 19.9 Å². The van der Waals surface area contributed by atoms with Gasteiger partial charge < -0.3 is 15.1 Å². The summed E-state index contributed by atoms with van der Waals surface area (Å²) in [4.78, 5) is 24.4. The third kappa shape index (κ3) is 1.98. The van der Waals surface area contributed by atoms with E-state index in [1.165, 1.54) is 21.3 Å². The van der Waals surface area contributed by atoms with Crippen LogP contribution in [0, 0.1) is 0 Å². The monoisotopic (exact) mass is 296 g/mol. The first-order chi connectivity index (χ1) is 9.61. The Labute approximate surface area is 118 Å². The standard InChI is InChI=1S/C11H12N4O4S/c16-2-1-14-4-6(12-13-14)3-7-9(17)15-8(11(18)19)5-20-10(7)15/h3-4,8,10,16H,1-2,5H2,(H,18,19)/b7-3-/t8?,10-/m1/s1. The molecule has 0 saturated carbocycles. The van der Waals surface area contributed by atoms with Crippen molar-refractivity contribution in [2.45, 2.75) is 18.0 Å². The molecule has 1 unspecified atom stereocenters. The number of rotatable bonds is 4. The number of aliphatic hydroxyl groups is 1. The molecular formula is C11H12N4O4S. The predicted molar refractivity (Wildman–Crippen MR) is 69.6 cm³/mol. The molecule has 0 aliphatic carbocycles. The molecule has 2 fully saturated rings. The van der Waals surface area contributed by atoms with E-state index >= 15 is 0 Å². The molecule has 2 aliphatic heterocycles. The Morgan fingerprint density at radius 2 is 2.40 bits per heavy atom. The fourth-order valence-electron chi connectivity index (χ4n) is 2.26. The van der Waals surface area contributed by atoms with Crippen molar-refractivity contribution < 1.29 is 19.8 Å². The summed E-state index contributed by atoms with van der Waals surface area (Å²) in [6.45, 7) is 0.306. The van der Waals surface area contributed by atoms with Crippen molar-refractivity contribution in [1.29, 1.82) is 0 Å². The van der Waals surface area contributed by atoms with Gasteiger partial charge in [0.05, 0.1) is 24.9 Å². The van der Waals surface area contributed by atoms with E-state index in [1.807, 2.05) is 0 Å². The molecule has 0 bridgehead atoms. The SMILES string of the molecule is O=C(O)C1CS[C@@H]2/C(=C\c3cn(CCO)nn3)C(=O)N12. The molecule has 0 radical (unpaired) electrons. The minimum atomic E-state index is -0.971. The maximum absolute atomic E-state index is 12.0. The van der Waals surface area contributed by atoms with Crippen LogP contribution >= 0.6 is 11.8 Å². The Kier molecular flexibility index (Phi) is 3.22. The highest BCUT2D eigenvalue weighted by Gasteiger charge is 2.53.